The fraction of sp³-hybridized carbons (Fsp3) is 0.714. The Balaban J connectivity index is 1.56. The molecule has 1 aliphatic carbocycles. The minimum Gasteiger partial charge on any atom is -0.329 e. The van der Waals surface area contributed by atoms with Crippen LogP contribution in [0.3, 0.4) is 0 Å². The van der Waals surface area contributed by atoms with E-state index < -0.39 is 0 Å². The first-order valence-electron chi connectivity index (χ1n) is 7.16. The summed E-state index contributed by atoms with van der Waals surface area (Å²) in [5.41, 5.74) is 6.01. The van der Waals surface area contributed by atoms with Gasteiger partial charge in [0.25, 0.3) is 0 Å². The van der Waals surface area contributed by atoms with Gasteiger partial charge in [0.2, 0.25) is 0 Å². The molecule has 1 aromatic rings. The number of piperazine rings is 1. The molecule has 19 heavy (non-hydrogen) atoms. The Labute approximate surface area is 127 Å². The topological polar surface area (TPSA) is 32.5 Å². The van der Waals surface area contributed by atoms with Crippen LogP contribution in [-0.4, -0.2) is 49.1 Å². The second-order valence-corrected chi connectivity index (χ2v) is 7.56. The highest BCUT2D eigenvalue weighted by Gasteiger charge is 2.29. The predicted molar refractivity (Wildman–Crippen MR) is 84.6 cm³/mol. The van der Waals surface area contributed by atoms with Crippen molar-refractivity contribution >= 4 is 27.3 Å². The van der Waals surface area contributed by atoms with Crippen LogP contribution in [0.4, 0.5) is 0 Å². The lowest BCUT2D eigenvalue weighted by Crippen LogP contribution is -2.49. The first-order valence-corrected chi connectivity index (χ1v) is 8.84. The maximum absolute atomic E-state index is 6.01. The monoisotopic (exact) mass is 343 g/mol. The fourth-order valence-electron chi connectivity index (χ4n) is 2.87. The molecule has 1 aliphatic heterocycles. The van der Waals surface area contributed by atoms with Crippen molar-refractivity contribution in [3.63, 3.8) is 0 Å². The van der Waals surface area contributed by atoms with Crippen LogP contribution in [-0.2, 0) is 0 Å². The molecule has 3 rings (SSSR count). The highest BCUT2D eigenvalue weighted by atomic mass is 79.9. The summed E-state index contributed by atoms with van der Waals surface area (Å²) >= 11 is 5.36. The van der Waals surface area contributed by atoms with Gasteiger partial charge < -0.3 is 10.6 Å². The molecule has 2 fully saturated rings. The smallest absolute Gasteiger partial charge is 0.0565 e. The number of nitrogens with two attached hydrogens (primary N) is 1. The Bertz CT molecular complexity index is 411. The molecule has 1 aromatic heterocycles. The molecule has 1 saturated heterocycles. The van der Waals surface area contributed by atoms with E-state index in [0.717, 1.165) is 25.6 Å². The summed E-state index contributed by atoms with van der Waals surface area (Å²) in [5, 5.41) is 2.15. The van der Waals surface area contributed by atoms with E-state index in [1.165, 1.54) is 41.8 Å². The SMILES string of the molecule is NCC(c1cc(Br)cs1)N1CCN(CC2CC2)CC1. The third-order valence-corrected chi connectivity index (χ3v) is 6.00. The Morgan fingerprint density at radius 2 is 2.05 bits per heavy atom. The zero-order valence-corrected chi connectivity index (χ0v) is 13.6. The predicted octanol–water partition coefficient (Wildman–Crippen LogP) is 2.54. The second kappa shape index (κ2) is 6.22. The first kappa shape index (κ1) is 14.0. The lowest BCUT2D eigenvalue weighted by Gasteiger charge is -2.38. The third kappa shape index (κ3) is 3.58. The van der Waals surface area contributed by atoms with E-state index in [9.17, 15) is 0 Å². The number of hydrogen-bond acceptors (Lipinski definition) is 4. The van der Waals surface area contributed by atoms with Gasteiger partial charge in [-0.15, -0.1) is 11.3 Å². The van der Waals surface area contributed by atoms with E-state index in [2.05, 4.69) is 37.2 Å². The van der Waals surface area contributed by atoms with Crippen LogP contribution in [0.2, 0.25) is 0 Å². The fourth-order valence-corrected chi connectivity index (χ4v) is 4.46. The molecular weight excluding hydrogens is 322 g/mol. The van der Waals surface area contributed by atoms with Gasteiger partial charge in [0, 0.05) is 54.0 Å². The average Bonchev–Trinajstić information content (AvgIpc) is 3.13. The van der Waals surface area contributed by atoms with Crippen LogP contribution < -0.4 is 5.73 Å². The van der Waals surface area contributed by atoms with Crippen LogP contribution in [0.5, 0.6) is 0 Å². The lowest BCUT2D eigenvalue weighted by atomic mass is 10.1. The molecule has 106 valence electrons. The molecule has 2 aliphatic rings. The molecule has 0 aromatic carbocycles. The van der Waals surface area contributed by atoms with Crippen LogP contribution in [0.15, 0.2) is 15.9 Å². The van der Waals surface area contributed by atoms with Gasteiger partial charge >= 0.3 is 0 Å². The van der Waals surface area contributed by atoms with Crippen molar-refractivity contribution in [3.05, 3.63) is 20.8 Å². The lowest BCUT2D eigenvalue weighted by molar-refractivity contribution is 0.0968. The van der Waals surface area contributed by atoms with Gasteiger partial charge in [-0.25, -0.2) is 0 Å². The summed E-state index contributed by atoms with van der Waals surface area (Å²) in [6, 6.07) is 2.62. The van der Waals surface area contributed by atoms with E-state index in [1.54, 1.807) is 0 Å². The highest BCUT2D eigenvalue weighted by Crippen LogP contribution is 2.32. The summed E-state index contributed by atoms with van der Waals surface area (Å²) in [6.45, 7) is 6.77. The first-order chi connectivity index (χ1) is 9.26. The molecule has 0 spiro atoms. The van der Waals surface area contributed by atoms with E-state index in [1.807, 2.05) is 11.3 Å². The zero-order valence-electron chi connectivity index (χ0n) is 11.2. The van der Waals surface area contributed by atoms with E-state index in [4.69, 9.17) is 5.73 Å². The summed E-state index contributed by atoms with van der Waals surface area (Å²) in [5.74, 6) is 1.00. The minimum atomic E-state index is 0.402. The van der Waals surface area contributed by atoms with Gasteiger partial charge in [-0.3, -0.25) is 4.90 Å². The minimum absolute atomic E-state index is 0.402. The van der Waals surface area contributed by atoms with Gasteiger partial charge in [0.15, 0.2) is 0 Å². The number of nitrogens with zero attached hydrogens (tertiary/aromatic N) is 2. The van der Waals surface area contributed by atoms with Crippen molar-refractivity contribution in [3.8, 4) is 0 Å². The van der Waals surface area contributed by atoms with Gasteiger partial charge in [0.05, 0.1) is 6.04 Å². The quantitative estimate of drug-likeness (QED) is 0.891. The van der Waals surface area contributed by atoms with E-state index in [0.29, 0.717) is 6.04 Å². The Morgan fingerprint density at radius 1 is 1.32 bits per heavy atom. The number of thiophene rings is 1. The average molecular weight is 344 g/mol. The van der Waals surface area contributed by atoms with Gasteiger partial charge in [-0.05, 0) is 40.8 Å². The maximum Gasteiger partial charge on any atom is 0.0565 e. The summed E-state index contributed by atoms with van der Waals surface area (Å²) in [4.78, 5) is 6.58. The largest absolute Gasteiger partial charge is 0.329 e. The molecular formula is C14H22BrN3S. The van der Waals surface area contributed by atoms with Gasteiger partial charge in [-0.1, -0.05) is 0 Å². The molecule has 1 atom stereocenters. The summed E-state index contributed by atoms with van der Waals surface area (Å²) in [6.07, 6.45) is 2.91. The normalized spacial score (nSPS) is 23.7. The van der Waals surface area contributed by atoms with Crippen molar-refractivity contribution in [2.45, 2.75) is 18.9 Å². The van der Waals surface area contributed by atoms with Crippen molar-refractivity contribution in [2.75, 3.05) is 39.3 Å². The second-order valence-electron chi connectivity index (χ2n) is 5.70. The molecule has 2 N–H and O–H groups in total. The van der Waals surface area contributed by atoms with Crippen molar-refractivity contribution in [1.82, 2.24) is 9.80 Å². The Hall–Kier alpha value is 0.0600. The molecule has 3 nitrogen and oxygen atoms in total. The van der Waals surface area contributed by atoms with Gasteiger partial charge in [0.1, 0.15) is 0 Å². The van der Waals surface area contributed by atoms with Gasteiger partial charge in [-0.2, -0.15) is 0 Å². The molecule has 1 saturated carbocycles. The third-order valence-electron chi connectivity index (χ3n) is 4.20. The number of halogens is 1. The van der Waals surface area contributed by atoms with Crippen molar-refractivity contribution in [2.24, 2.45) is 11.7 Å². The van der Waals surface area contributed by atoms with Crippen LogP contribution in [0.1, 0.15) is 23.8 Å². The summed E-state index contributed by atoms with van der Waals surface area (Å²) < 4.78 is 1.18. The number of hydrogen-bond donors (Lipinski definition) is 1. The van der Waals surface area contributed by atoms with E-state index >= 15 is 0 Å². The molecule has 0 radical (unpaired) electrons. The summed E-state index contributed by atoms with van der Waals surface area (Å²) in [7, 11) is 0. The van der Waals surface area contributed by atoms with Crippen LogP contribution in [0.25, 0.3) is 0 Å². The highest BCUT2D eigenvalue weighted by molar-refractivity contribution is 9.10. The van der Waals surface area contributed by atoms with Crippen molar-refractivity contribution < 1.29 is 0 Å². The molecule has 5 heteroatoms. The zero-order chi connectivity index (χ0) is 13.2. The number of rotatable bonds is 5. The maximum atomic E-state index is 6.01. The van der Waals surface area contributed by atoms with Crippen LogP contribution >= 0.6 is 27.3 Å². The molecule has 0 amide bonds. The Morgan fingerprint density at radius 3 is 2.58 bits per heavy atom. The molecule has 1 unspecified atom stereocenters. The van der Waals surface area contributed by atoms with E-state index in [-0.39, 0.29) is 0 Å². The van der Waals surface area contributed by atoms with Crippen molar-refractivity contribution in [1.29, 1.82) is 0 Å². The van der Waals surface area contributed by atoms with Crippen LogP contribution in [0, 0.1) is 5.92 Å². The standard InChI is InChI=1S/C14H22BrN3S/c15-12-7-14(19-10-12)13(8-16)18-5-3-17(4-6-18)9-11-1-2-11/h7,10-11,13H,1-6,8-9,16H2. The Kier molecular flexibility index (Phi) is 4.59. The molecule has 0 bridgehead atoms. The molecule has 2 heterocycles.